The Bertz CT molecular complexity index is 885. The van der Waals surface area contributed by atoms with E-state index < -0.39 is 0 Å². The SMILES string of the molecule is COC(=S)c1cc(-c2nc(-c3ccc(Cl)c(Cl)c3)cs2)c(C)s1. The molecule has 0 spiro atoms. The number of thiazole rings is 1. The van der Waals surface area contributed by atoms with Gasteiger partial charge in [0, 0.05) is 21.4 Å². The minimum Gasteiger partial charge on any atom is -0.486 e. The van der Waals surface area contributed by atoms with E-state index in [2.05, 4.69) is 6.92 Å². The molecule has 0 atom stereocenters. The number of thiophene rings is 1. The second-order valence-electron chi connectivity index (χ2n) is 4.74. The van der Waals surface area contributed by atoms with Crippen molar-refractivity contribution < 1.29 is 4.74 Å². The first-order valence-electron chi connectivity index (χ1n) is 6.59. The van der Waals surface area contributed by atoms with Crippen molar-refractivity contribution in [3.63, 3.8) is 0 Å². The fourth-order valence-corrected chi connectivity index (χ4v) is 4.47. The highest BCUT2D eigenvalue weighted by molar-refractivity contribution is 7.80. The van der Waals surface area contributed by atoms with Crippen molar-refractivity contribution in [2.24, 2.45) is 0 Å². The van der Waals surface area contributed by atoms with Crippen molar-refractivity contribution >= 4 is 63.1 Å². The summed E-state index contributed by atoms with van der Waals surface area (Å²) in [6, 6.07) is 7.56. The fourth-order valence-electron chi connectivity index (χ4n) is 2.08. The topological polar surface area (TPSA) is 22.1 Å². The van der Waals surface area contributed by atoms with Gasteiger partial charge >= 0.3 is 0 Å². The van der Waals surface area contributed by atoms with Crippen LogP contribution in [-0.4, -0.2) is 17.1 Å². The van der Waals surface area contributed by atoms with Gasteiger partial charge in [0.2, 0.25) is 5.05 Å². The van der Waals surface area contributed by atoms with Gasteiger partial charge in [0.25, 0.3) is 0 Å². The Labute approximate surface area is 157 Å². The summed E-state index contributed by atoms with van der Waals surface area (Å²) in [5, 5.41) is 4.53. The van der Waals surface area contributed by atoms with Crippen LogP contribution in [0.1, 0.15) is 9.75 Å². The molecule has 0 aliphatic heterocycles. The molecule has 0 N–H and O–H groups in total. The molecule has 2 heterocycles. The van der Waals surface area contributed by atoms with Gasteiger partial charge < -0.3 is 4.74 Å². The number of benzene rings is 1. The van der Waals surface area contributed by atoms with Gasteiger partial charge in [0.1, 0.15) is 5.01 Å². The summed E-state index contributed by atoms with van der Waals surface area (Å²) < 4.78 is 5.14. The normalized spacial score (nSPS) is 10.8. The van der Waals surface area contributed by atoms with Gasteiger partial charge in [-0.25, -0.2) is 4.98 Å². The maximum atomic E-state index is 6.08. The van der Waals surface area contributed by atoms with Gasteiger partial charge in [0.05, 0.1) is 27.7 Å². The van der Waals surface area contributed by atoms with E-state index in [0.717, 1.165) is 31.6 Å². The molecule has 0 radical (unpaired) electrons. The molecule has 0 saturated carbocycles. The number of aromatic nitrogens is 1. The number of nitrogens with zero attached hydrogens (tertiary/aromatic N) is 1. The lowest BCUT2D eigenvalue weighted by atomic mass is 10.2. The number of hydrogen-bond donors (Lipinski definition) is 0. The number of thiocarbonyl (C=S) groups is 1. The van der Waals surface area contributed by atoms with E-state index in [-0.39, 0.29) is 0 Å². The number of ether oxygens (including phenoxy) is 1. The van der Waals surface area contributed by atoms with E-state index in [1.54, 1.807) is 35.8 Å². The molecule has 7 heteroatoms. The molecule has 0 unspecified atom stereocenters. The van der Waals surface area contributed by atoms with Gasteiger partial charge in [-0.15, -0.1) is 22.7 Å². The zero-order valence-electron chi connectivity index (χ0n) is 12.2. The number of rotatable bonds is 3. The van der Waals surface area contributed by atoms with Gasteiger partial charge in [0.15, 0.2) is 0 Å². The van der Waals surface area contributed by atoms with Crippen LogP contribution < -0.4 is 0 Å². The van der Waals surface area contributed by atoms with Crippen LogP contribution in [-0.2, 0) is 4.74 Å². The fraction of sp³-hybridized carbons (Fsp3) is 0.125. The van der Waals surface area contributed by atoms with Crippen LogP contribution in [0.2, 0.25) is 10.0 Å². The summed E-state index contributed by atoms with van der Waals surface area (Å²) in [5.41, 5.74) is 2.91. The average molecular weight is 400 g/mol. The molecular formula is C16H11Cl2NOS3. The molecular weight excluding hydrogens is 389 g/mol. The Morgan fingerprint density at radius 2 is 2.00 bits per heavy atom. The first-order chi connectivity index (χ1) is 11.0. The van der Waals surface area contributed by atoms with E-state index in [9.17, 15) is 0 Å². The summed E-state index contributed by atoms with van der Waals surface area (Å²) >= 11 is 20.4. The quantitative estimate of drug-likeness (QED) is 0.470. The van der Waals surface area contributed by atoms with Crippen molar-refractivity contribution in [3.8, 4) is 21.8 Å². The van der Waals surface area contributed by atoms with Crippen molar-refractivity contribution in [2.45, 2.75) is 6.92 Å². The highest BCUT2D eigenvalue weighted by atomic mass is 35.5. The van der Waals surface area contributed by atoms with Crippen LogP contribution >= 0.6 is 58.1 Å². The molecule has 0 saturated heterocycles. The number of hydrogen-bond acceptors (Lipinski definition) is 5. The molecule has 0 amide bonds. The van der Waals surface area contributed by atoms with E-state index in [0.29, 0.717) is 15.1 Å². The predicted molar refractivity (Wildman–Crippen MR) is 104 cm³/mol. The van der Waals surface area contributed by atoms with Crippen LogP contribution in [0.5, 0.6) is 0 Å². The standard InChI is InChI=1S/C16H11Cl2NOS3/c1-8-10(6-14(23-8)16(21)20-2)15-19-13(7-22-15)9-3-4-11(17)12(18)5-9/h3-7H,1-2H3. The highest BCUT2D eigenvalue weighted by Gasteiger charge is 2.15. The first kappa shape index (κ1) is 16.9. The van der Waals surface area contributed by atoms with Crippen molar-refractivity contribution in [3.05, 3.63) is 49.4 Å². The minimum absolute atomic E-state index is 0.505. The molecule has 23 heavy (non-hydrogen) atoms. The molecule has 0 aliphatic rings. The third-order valence-corrected chi connectivity index (χ3v) is 6.43. The third kappa shape index (κ3) is 3.44. The minimum atomic E-state index is 0.505. The average Bonchev–Trinajstić information content (AvgIpc) is 3.15. The molecule has 0 bridgehead atoms. The summed E-state index contributed by atoms with van der Waals surface area (Å²) in [5.74, 6) is 0. The predicted octanol–water partition coefficient (Wildman–Crippen LogP) is 6.48. The van der Waals surface area contributed by atoms with Gasteiger partial charge in [-0.05, 0) is 37.3 Å². The van der Waals surface area contributed by atoms with Gasteiger partial charge in [-0.1, -0.05) is 29.3 Å². The van der Waals surface area contributed by atoms with Gasteiger partial charge in [-0.2, -0.15) is 0 Å². The van der Waals surface area contributed by atoms with Crippen LogP contribution in [0.25, 0.3) is 21.8 Å². The Hall–Kier alpha value is -0.980. The molecule has 2 nitrogen and oxygen atoms in total. The van der Waals surface area contributed by atoms with Crippen LogP contribution in [0, 0.1) is 6.92 Å². The Kier molecular flexibility index (Phi) is 5.04. The molecule has 2 aromatic heterocycles. The molecule has 3 rings (SSSR count). The Balaban J connectivity index is 1.97. The Morgan fingerprint density at radius 1 is 1.22 bits per heavy atom. The molecule has 0 aliphatic carbocycles. The number of aryl methyl sites for hydroxylation is 1. The number of halogens is 2. The maximum absolute atomic E-state index is 6.08. The van der Waals surface area contributed by atoms with Crippen LogP contribution in [0.4, 0.5) is 0 Å². The zero-order valence-corrected chi connectivity index (χ0v) is 16.2. The van der Waals surface area contributed by atoms with E-state index in [4.69, 9.17) is 45.1 Å². The largest absolute Gasteiger partial charge is 0.486 e. The summed E-state index contributed by atoms with van der Waals surface area (Å²) in [4.78, 5) is 6.83. The van der Waals surface area contributed by atoms with Crippen molar-refractivity contribution in [2.75, 3.05) is 7.11 Å². The lowest BCUT2D eigenvalue weighted by molar-refractivity contribution is 0.417. The monoisotopic (exact) mass is 399 g/mol. The summed E-state index contributed by atoms with van der Waals surface area (Å²) in [7, 11) is 1.59. The van der Waals surface area contributed by atoms with E-state index in [1.807, 2.05) is 23.6 Å². The smallest absolute Gasteiger partial charge is 0.201 e. The zero-order chi connectivity index (χ0) is 16.6. The number of methoxy groups -OCH3 is 1. The summed E-state index contributed by atoms with van der Waals surface area (Å²) in [6.07, 6.45) is 0. The van der Waals surface area contributed by atoms with Gasteiger partial charge in [-0.3, -0.25) is 0 Å². The third-order valence-electron chi connectivity index (χ3n) is 3.25. The highest BCUT2D eigenvalue weighted by Crippen LogP contribution is 2.36. The Morgan fingerprint density at radius 3 is 2.70 bits per heavy atom. The molecule has 0 fully saturated rings. The molecule has 118 valence electrons. The maximum Gasteiger partial charge on any atom is 0.201 e. The van der Waals surface area contributed by atoms with Crippen LogP contribution in [0.15, 0.2) is 29.6 Å². The lowest BCUT2D eigenvalue weighted by Gasteiger charge is -1.99. The first-order valence-corrected chi connectivity index (χ1v) is 9.45. The van der Waals surface area contributed by atoms with E-state index >= 15 is 0 Å². The lowest BCUT2D eigenvalue weighted by Crippen LogP contribution is -1.94. The van der Waals surface area contributed by atoms with E-state index in [1.165, 1.54) is 0 Å². The second-order valence-corrected chi connectivity index (χ2v) is 8.04. The second kappa shape index (κ2) is 6.87. The molecule has 1 aromatic carbocycles. The van der Waals surface area contributed by atoms with Crippen molar-refractivity contribution in [1.29, 1.82) is 0 Å². The summed E-state index contributed by atoms with van der Waals surface area (Å²) in [6.45, 7) is 2.06. The molecule has 3 aromatic rings. The van der Waals surface area contributed by atoms with Crippen molar-refractivity contribution in [1.82, 2.24) is 4.98 Å². The van der Waals surface area contributed by atoms with Crippen LogP contribution in [0.3, 0.4) is 0 Å².